The van der Waals surface area contributed by atoms with Gasteiger partial charge in [-0.3, -0.25) is 0 Å². The lowest BCUT2D eigenvalue weighted by Crippen LogP contribution is -2.35. The van der Waals surface area contributed by atoms with Crippen LogP contribution in [0.1, 0.15) is 6.92 Å². The summed E-state index contributed by atoms with van der Waals surface area (Å²) in [5.74, 6) is -0.338. The highest BCUT2D eigenvalue weighted by Crippen LogP contribution is 2.17. The third-order valence-corrected chi connectivity index (χ3v) is 1.80. The molecule has 0 aliphatic carbocycles. The van der Waals surface area contributed by atoms with Crippen LogP contribution < -0.4 is 10.5 Å². The van der Waals surface area contributed by atoms with Crippen LogP contribution in [0.15, 0.2) is 24.3 Å². The fourth-order valence-corrected chi connectivity index (χ4v) is 0.919. The van der Waals surface area contributed by atoms with Gasteiger partial charge < -0.3 is 10.5 Å². The van der Waals surface area contributed by atoms with Crippen LogP contribution in [0, 0.1) is 17.1 Å². The summed E-state index contributed by atoms with van der Waals surface area (Å²) in [6.45, 7) is 1.63. The standard InChI is InChI=1S/C10H11FN2O/c1-7(9(13)6-12)14-10-5-3-2-4-8(10)11/h2-5,7,9H,13H2,1H3. The van der Waals surface area contributed by atoms with Gasteiger partial charge in [-0.15, -0.1) is 0 Å². The number of nitrogens with two attached hydrogens (primary N) is 1. The normalized spacial score (nSPS) is 14.1. The maximum Gasteiger partial charge on any atom is 0.165 e. The Bertz CT molecular complexity index is 348. The number of hydrogen-bond donors (Lipinski definition) is 1. The predicted molar refractivity (Wildman–Crippen MR) is 50.1 cm³/mol. The molecular weight excluding hydrogens is 183 g/mol. The SMILES string of the molecule is CC(Oc1ccccc1F)C(N)C#N. The molecule has 0 radical (unpaired) electrons. The first-order valence-corrected chi connectivity index (χ1v) is 4.21. The van der Waals surface area contributed by atoms with Crippen LogP contribution in [-0.2, 0) is 0 Å². The highest BCUT2D eigenvalue weighted by atomic mass is 19.1. The molecule has 0 fully saturated rings. The molecule has 0 saturated heterocycles. The number of halogens is 1. The van der Waals surface area contributed by atoms with Crippen LogP contribution in [0.5, 0.6) is 5.75 Å². The fourth-order valence-electron chi connectivity index (χ4n) is 0.919. The first-order valence-electron chi connectivity index (χ1n) is 4.21. The largest absolute Gasteiger partial charge is 0.485 e. The zero-order chi connectivity index (χ0) is 10.6. The van der Waals surface area contributed by atoms with Crippen molar-refractivity contribution >= 4 is 0 Å². The van der Waals surface area contributed by atoms with Crippen LogP contribution in [0.2, 0.25) is 0 Å². The Hall–Kier alpha value is -1.60. The molecule has 4 heteroatoms. The zero-order valence-electron chi connectivity index (χ0n) is 7.77. The van der Waals surface area contributed by atoms with Gasteiger partial charge in [-0.2, -0.15) is 5.26 Å². The topological polar surface area (TPSA) is 59.0 Å². The zero-order valence-corrected chi connectivity index (χ0v) is 7.77. The minimum atomic E-state index is -0.755. The average molecular weight is 194 g/mol. The summed E-state index contributed by atoms with van der Waals surface area (Å²) in [5.41, 5.74) is 5.41. The van der Waals surface area contributed by atoms with E-state index in [1.807, 2.05) is 6.07 Å². The summed E-state index contributed by atoms with van der Waals surface area (Å²) >= 11 is 0. The van der Waals surface area contributed by atoms with Crippen molar-refractivity contribution in [2.75, 3.05) is 0 Å². The van der Waals surface area contributed by atoms with Gasteiger partial charge in [-0.1, -0.05) is 12.1 Å². The van der Waals surface area contributed by atoms with Crippen molar-refractivity contribution in [2.24, 2.45) is 5.73 Å². The van der Waals surface area contributed by atoms with E-state index in [9.17, 15) is 4.39 Å². The number of para-hydroxylation sites is 1. The first-order chi connectivity index (χ1) is 6.65. The molecule has 2 unspecified atom stereocenters. The molecule has 0 aliphatic rings. The van der Waals surface area contributed by atoms with Gasteiger partial charge in [-0.25, -0.2) is 4.39 Å². The average Bonchev–Trinajstić information content (AvgIpc) is 2.20. The third-order valence-electron chi connectivity index (χ3n) is 1.80. The Labute approximate surface area is 81.9 Å². The Morgan fingerprint density at radius 3 is 2.71 bits per heavy atom. The minimum Gasteiger partial charge on any atom is -0.485 e. The van der Waals surface area contributed by atoms with E-state index in [4.69, 9.17) is 15.7 Å². The number of rotatable bonds is 3. The molecule has 1 aromatic rings. The molecule has 0 aliphatic heterocycles. The Kier molecular flexibility index (Phi) is 3.43. The van der Waals surface area contributed by atoms with Gasteiger partial charge in [-0.05, 0) is 19.1 Å². The number of hydrogen-bond acceptors (Lipinski definition) is 3. The summed E-state index contributed by atoms with van der Waals surface area (Å²) in [7, 11) is 0. The Balaban J connectivity index is 2.70. The Morgan fingerprint density at radius 2 is 2.14 bits per heavy atom. The maximum atomic E-state index is 13.1. The monoisotopic (exact) mass is 194 g/mol. The minimum absolute atomic E-state index is 0.116. The molecule has 14 heavy (non-hydrogen) atoms. The van der Waals surface area contributed by atoms with Gasteiger partial charge in [0.05, 0.1) is 6.07 Å². The second kappa shape index (κ2) is 4.58. The smallest absolute Gasteiger partial charge is 0.165 e. The van der Waals surface area contributed by atoms with E-state index in [0.29, 0.717) is 0 Å². The highest BCUT2D eigenvalue weighted by molar-refractivity contribution is 5.24. The maximum absolute atomic E-state index is 13.1. The molecule has 0 saturated carbocycles. The van der Waals surface area contributed by atoms with E-state index in [0.717, 1.165) is 0 Å². The molecule has 3 nitrogen and oxygen atoms in total. The molecule has 0 bridgehead atoms. The van der Waals surface area contributed by atoms with Crippen LogP contribution in [0.4, 0.5) is 4.39 Å². The molecule has 1 rings (SSSR count). The molecule has 0 amide bonds. The van der Waals surface area contributed by atoms with Gasteiger partial charge in [0.15, 0.2) is 11.6 Å². The van der Waals surface area contributed by atoms with Crippen molar-refractivity contribution < 1.29 is 9.13 Å². The number of benzene rings is 1. The first kappa shape index (κ1) is 10.5. The lowest BCUT2D eigenvalue weighted by molar-refractivity contribution is 0.200. The Morgan fingerprint density at radius 1 is 1.50 bits per heavy atom. The van der Waals surface area contributed by atoms with Gasteiger partial charge in [0.25, 0.3) is 0 Å². The second-order valence-corrected chi connectivity index (χ2v) is 2.91. The fraction of sp³-hybridized carbons (Fsp3) is 0.300. The molecular formula is C10H11FN2O. The van der Waals surface area contributed by atoms with Gasteiger partial charge in [0.2, 0.25) is 0 Å². The molecule has 2 atom stereocenters. The molecule has 0 spiro atoms. The summed E-state index contributed by atoms with van der Waals surface area (Å²) in [6.07, 6.45) is -0.531. The number of nitriles is 1. The lowest BCUT2D eigenvalue weighted by Gasteiger charge is -2.16. The third kappa shape index (κ3) is 2.44. The van der Waals surface area contributed by atoms with Gasteiger partial charge in [0, 0.05) is 0 Å². The van der Waals surface area contributed by atoms with Crippen molar-refractivity contribution in [1.82, 2.24) is 0 Å². The molecule has 0 aromatic heterocycles. The second-order valence-electron chi connectivity index (χ2n) is 2.91. The van der Waals surface area contributed by atoms with Gasteiger partial charge >= 0.3 is 0 Å². The van der Waals surface area contributed by atoms with Crippen LogP contribution in [0.3, 0.4) is 0 Å². The van der Waals surface area contributed by atoms with Crippen molar-refractivity contribution in [3.8, 4) is 11.8 Å². The quantitative estimate of drug-likeness (QED) is 0.792. The van der Waals surface area contributed by atoms with Gasteiger partial charge in [0.1, 0.15) is 12.1 Å². The van der Waals surface area contributed by atoms with E-state index < -0.39 is 18.0 Å². The summed E-state index contributed by atoms with van der Waals surface area (Å²) < 4.78 is 18.2. The molecule has 74 valence electrons. The molecule has 0 heterocycles. The van der Waals surface area contributed by atoms with Crippen LogP contribution in [-0.4, -0.2) is 12.1 Å². The van der Waals surface area contributed by atoms with Crippen LogP contribution in [0.25, 0.3) is 0 Å². The number of nitrogens with zero attached hydrogens (tertiary/aromatic N) is 1. The van der Waals surface area contributed by atoms with Crippen molar-refractivity contribution in [1.29, 1.82) is 5.26 Å². The van der Waals surface area contributed by atoms with E-state index in [1.165, 1.54) is 12.1 Å². The number of ether oxygens (including phenoxy) is 1. The summed E-state index contributed by atoms with van der Waals surface area (Å²) in [4.78, 5) is 0. The molecule has 1 aromatic carbocycles. The van der Waals surface area contributed by atoms with Crippen molar-refractivity contribution in [2.45, 2.75) is 19.1 Å². The van der Waals surface area contributed by atoms with Crippen molar-refractivity contribution in [3.63, 3.8) is 0 Å². The summed E-state index contributed by atoms with van der Waals surface area (Å²) in [5, 5.41) is 8.50. The van der Waals surface area contributed by atoms with E-state index in [2.05, 4.69) is 0 Å². The highest BCUT2D eigenvalue weighted by Gasteiger charge is 2.14. The molecule has 2 N–H and O–H groups in total. The van der Waals surface area contributed by atoms with Crippen LogP contribution >= 0.6 is 0 Å². The van der Waals surface area contributed by atoms with E-state index in [1.54, 1.807) is 19.1 Å². The summed E-state index contributed by atoms with van der Waals surface area (Å²) in [6, 6.07) is 7.09. The predicted octanol–water partition coefficient (Wildman–Crippen LogP) is 1.44. The van der Waals surface area contributed by atoms with E-state index in [-0.39, 0.29) is 5.75 Å². The van der Waals surface area contributed by atoms with Crippen molar-refractivity contribution in [3.05, 3.63) is 30.1 Å². The van der Waals surface area contributed by atoms with E-state index >= 15 is 0 Å². The lowest BCUT2D eigenvalue weighted by atomic mass is 10.2.